The molecule has 2 aromatic heterocycles. The average molecular weight is 327 g/mol. The number of H-pyrrole nitrogens is 1. The van der Waals surface area contributed by atoms with Gasteiger partial charge in [-0.25, -0.2) is 4.79 Å². The van der Waals surface area contributed by atoms with E-state index in [-0.39, 0.29) is 12.1 Å². The van der Waals surface area contributed by atoms with Crippen molar-refractivity contribution in [1.29, 1.82) is 0 Å². The number of nitrogens with zero attached hydrogens (tertiary/aromatic N) is 3. The SMILES string of the molecule is CCc1nn(CC)c(Cn2c(=O)cc[nH]c2=O)c1Br. The summed E-state index contributed by atoms with van der Waals surface area (Å²) in [6.07, 6.45) is 2.14. The van der Waals surface area contributed by atoms with Crippen LogP contribution in [-0.2, 0) is 19.5 Å². The minimum absolute atomic E-state index is 0.205. The standard InChI is InChI=1S/C12H15BrN4O2/c1-3-8-11(13)9(17(4-2)15-8)7-16-10(18)5-6-14-12(16)19/h5-6H,3-4,7H2,1-2H3,(H,14,19). The van der Waals surface area contributed by atoms with Crippen LogP contribution in [0.25, 0.3) is 0 Å². The zero-order valence-corrected chi connectivity index (χ0v) is 12.4. The molecule has 0 saturated heterocycles. The van der Waals surface area contributed by atoms with E-state index in [9.17, 15) is 9.59 Å². The van der Waals surface area contributed by atoms with E-state index in [4.69, 9.17) is 0 Å². The molecule has 0 atom stereocenters. The highest BCUT2D eigenvalue weighted by atomic mass is 79.9. The van der Waals surface area contributed by atoms with Crippen molar-refractivity contribution in [2.45, 2.75) is 33.4 Å². The van der Waals surface area contributed by atoms with E-state index in [1.54, 1.807) is 0 Å². The first kappa shape index (κ1) is 13.8. The normalized spacial score (nSPS) is 10.9. The van der Waals surface area contributed by atoms with Crippen LogP contribution in [0.3, 0.4) is 0 Å². The van der Waals surface area contributed by atoms with Gasteiger partial charge in [0.05, 0.1) is 22.4 Å². The van der Waals surface area contributed by atoms with E-state index in [0.717, 1.165) is 26.8 Å². The number of aromatic nitrogens is 4. The van der Waals surface area contributed by atoms with Crippen LogP contribution in [0.4, 0.5) is 0 Å². The molecule has 0 unspecified atom stereocenters. The number of halogens is 1. The molecule has 6 nitrogen and oxygen atoms in total. The van der Waals surface area contributed by atoms with Gasteiger partial charge < -0.3 is 4.98 Å². The summed E-state index contributed by atoms with van der Waals surface area (Å²) in [5, 5.41) is 4.44. The van der Waals surface area contributed by atoms with Crippen molar-refractivity contribution >= 4 is 15.9 Å². The molecule has 19 heavy (non-hydrogen) atoms. The van der Waals surface area contributed by atoms with Crippen molar-refractivity contribution < 1.29 is 0 Å². The Morgan fingerprint density at radius 2 is 2.11 bits per heavy atom. The van der Waals surface area contributed by atoms with Crippen molar-refractivity contribution in [2.75, 3.05) is 0 Å². The maximum absolute atomic E-state index is 11.7. The molecule has 0 amide bonds. The predicted octanol–water partition coefficient (Wildman–Crippen LogP) is 1.13. The summed E-state index contributed by atoms with van der Waals surface area (Å²) >= 11 is 3.50. The topological polar surface area (TPSA) is 72.7 Å². The number of aryl methyl sites for hydroxylation is 2. The molecule has 7 heteroatoms. The quantitative estimate of drug-likeness (QED) is 0.915. The Labute approximate surface area is 118 Å². The largest absolute Gasteiger partial charge is 0.328 e. The summed E-state index contributed by atoms with van der Waals surface area (Å²) < 4.78 is 3.84. The summed E-state index contributed by atoms with van der Waals surface area (Å²) in [5.74, 6) is 0. The maximum Gasteiger partial charge on any atom is 0.328 e. The number of rotatable bonds is 4. The zero-order valence-electron chi connectivity index (χ0n) is 10.8. The highest BCUT2D eigenvalue weighted by Crippen LogP contribution is 2.22. The monoisotopic (exact) mass is 326 g/mol. The van der Waals surface area contributed by atoms with Crippen molar-refractivity contribution in [3.05, 3.63) is 49.0 Å². The Kier molecular flexibility index (Phi) is 4.04. The van der Waals surface area contributed by atoms with Gasteiger partial charge >= 0.3 is 5.69 Å². The van der Waals surface area contributed by atoms with Crippen LogP contribution < -0.4 is 11.2 Å². The first-order valence-electron chi connectivity index (χ1n) is 6.11. The lowest BCUT2D eigenvalue weighted by atomic mass is 10.3. The van der Waals surface area contributed by atoms with Gasteiger partial charge in [-0.05, 0) is 29.3 Å². The minimum Gasteiger partial charge on any atom is -0.314 e. The molecular weight excluding hydrogens is 312 g/mol. The number of aromatic amines is 1. The predicted molar refractivity (Wildman–Crippen MR) is 75.4 cm³/mol. The van der Waals surface area contributed by atoms with Gasteiger partial charge in [-0.15, -0.1) is 0 Å². The van der Waals surface area contributed by atoms with Crippen LogP contribution in [-0.4, -0.2) is 19.3 Å². The first-order chi connectivity index (χ1) is 9.08. The Bertz CT molecular complexity index is 670. The number of hydrogen-bond acceptors (Lipinski definition) is 3. The van der Waals surface area contributed by atoms with Crippen LogP contribution in [0, 0.1) is 0 Å². The van der Waals surface area contributed by atoms with Gasteiger partial charge in [0, 0.05) is 18.8 Å². The molecule has 0 aliphatic heterocycles. The van der Waals surface area contributed by atoms with Crippen molar-refractivity contribution in [1.82, 2.24) is 19.3 Å². The van der Waals surface area contributed by atoms with E-state index >= 15 is 0 Å². The fourth-order valence-electron chi connectivity index (χ4n) is 1.92. The van der Waals surface area contributed by atoms with Crippen LogP contribution in [0.2, 0.25) is 0 Å². The lowest BCUT2D eigenvalue weighted by Crippen LogP contribution is -2.34. The summed E-state index contributed by atoms with van der Waals surface area (Å²) in [4.78, 5) is 25.9. The molecular formula is C12H15BrN4O2. The molecule has 2 rings (SSSR count). The molecule has 1 N–H and O–H groups in total. The Balaban J connectivity index is 2.52. The van der Waals surface area contributed by atoms with Gasteiger partial charge in [0.1, 0.15) is 0 Å². The fourth-order valence-corrected chi connectivity index (χ4v) is 2.61. The van der Waals surface area contributed by atoms with Crippen LogP contribution in [0.5, 0.6) is 0 Å². The van der Waals surface area contributed by atoms with E-state index < -0.39 is 5.69 Å². The molecule has 102 valence electrons. The third-order valence-electron chi connectivity index (χ3n) is 2.95. The second-order valence-electron chi connectivity index (χ2n) is 4.08. The molecule has 0 fully saturated rings. The fraction of sp³-hybridized carbons (Fsp3) is 0.417. The van der Waals surface area contributed by atoms with Crippen LogP contribution >= 0.6 is 15.9 Å². The van der Waals surface area contributed by atoms with E-state index in [0.29, 0.717) is 6.54 Å². The number of nitrogens with one attached hydrogen (secondary N) is 1. The van der Waals surface area contributed by atoms with Gasteiger partial charge in [-0.2, -0.15) is 5.10 Å². The Morgan fingerprint density at radius 1 is 1.37 bits per heavy atom. The first-order valence-corrected chi connectivity index (χ1v) is 6.90. The van der Waals surface area contributed by atoms with Gasteiger partial charge in [-0.3, -0.25) is 14.0 Å². The lowest BCUT2D eigenvalue weighted by molar-refractivity contribution is 0.578. The smallest absolute Gasteiger partial charge is 0.314 e. The number of hydrogen-bond donors (Lipinski definition) is 1. The van der Waals surface area contributed by atoms with Crippen LogP contribution in [0.1, 0.15) is 25.2 Å². The Morgan fingerprint density at radius 3 is 2.68 bits per heavy atom. The molecule has 0 aliphatic carbocycles. The van der Waals surface area contributed by atoms with Crippen molar-refractivity contribution in [2.24, 2.45) is 0 Å². The molecule has 0 bridgehead atoms. The van der Waals surface area contributed by atoms with Crippen molar-refractivity contribution in [3.8, 4) is 0 Å². The van der Waals surface area contributed by atoms with Gasteiger partial charge in [-0.1, -0.05) is 6.92 Å². The molecule has 0 saturated carbocycles. The third-order valence-corrected chi connectivity index (χ3v) is 3.86. The van der Waals surface area contributed by atoms with Gasteiger partial charge in [0.15, 0.2) is 0 Å². The Hall–Kier alpha value is -1.63. The molecule has 2 aromatic rings. The molecule has 0 spiro atoms. The third kappa shape index (κ3) is 2.56. The summed E-state index contributed by atoms with van der Waals surface area (Å²) in [5.41, 5.74) is 1.02. The summed E-state index contributed by atoms with van der Waals surface area (Å²) in [6.45, 7) is 4.88. The zero-order chi connectivity index (χ0) is 14.0. The van der Waals surface area contributed by atoms with Gasteiger partial charge in [0.25, 0.3) is 5.56 Å². The highest BCUT2D eigenvalue weighted by molar-refractivity contribution is 9.10. The summed E-state index contributed by atoms with van der Waals surface area (Å²) in [7, 11) is 0. The summed E-state index contributed by atoms with van der Waals surface area (Å²) in [6, 6.07) is 1.34. The minimum atomic E-state index is -0.415. The molecule has 2 heterocycles. The second kappa shape index (κ2) is 5.56. The second-order valence-corrected chi connectivity index (χ2v) is 4.88. The molecule has 0 aromatic carbocycles. The average Bonchev–Trinajstić information content (AvgIpc) is 2.70. The van der Waals surface area contributed by atoms with Crippen LogP contribution in [0.15, 0.2) is 26.3 Å². The molecule has 0 aliphatic rings. The van der Waals surface area contributed by atoms with E-state index in [1.807, 2.05) is 18.5 Å². The molecule has 0 radical (unpaired) electrons. The van der Waals surface area contributed by atoms with Gasteiger partial charge in [0.2, 0.25) is 0 Å². The lowest BCUT2D eigenvalue weighted by Gasteiger charge is -2.06. The van der Waals surface area contributed by atoms with E-state index in [2.05, 4.69) is 26.0 Å². The van der Waals surface area contributed by atoms with Crippen molar-refractivity contribution in [3.63, 3.8) is 0 Å². The highest BCUT2D eigenvalue weighted by Gasteiger charge is 2.15. The van der Waals surface area contributed by atoms with E-state index in [1.165, 1.54) is 12.3 Å². The maximum atomic E-state index is 11.7.